The van der Waals surface area contributed by atoms with Crippen LogP contribution in [0.15, 0.2) is 18.2 Å². The largest absolute Gasteiger partial charge is 0.497 e. The maximum Gasteiger partial charge on any atom is 0.176 e. The number of hydrogen-bond acceptors (Lipinski definition) is 4. The fourth-order valence-corrected chi connectivity index (χ4v) is 3.57. The summed E-state index contributed by atoms with van der Waals surface area (Å²) in [6.45, 7) is 0. The van der Waals surface area contributed by atoms with E-state index >= 15 is 0 Å². The van der Waals surface area contributed by atoms with Gasteiger partial charge in [-0.1, -0.05) is 12.8 Å². The van der Waals surface area contributed by atoms with Crippen molar-refractivity contribution in [2.75, 3.05) is 20.0 Å². The minimum Gasteiger partial charge on any atom is -0.497 e. The van der Waals surface area contributed by atoms with Gasteiger partial charge in [0.2, 0.25) is 0 Å². The van der Waals surface area contributed by atoms with Gasteiger partial charge in [0.25, 0.3) is 0 Å². The molecule has 1 fully saturated rings. The Bertz CT molecular complexity index is 439. The molecule has 1 aromatic rings. The standard InChI is InChI=1S/C15H20O3S/c1-17-11-7-8-15(18-2)13(9-11)14(16)10-19-12-5-3-4-6-12/h7-9,12H,3-6,10H2,1-2H3. The number of carbonyl (C=O) groups excluding carboxylic acids is 1. The molecule has 1 saturated carbocycles. The van der Waals surface area contributed by atoms with E-state index in [9.17, 15) is 4.79 Å². The van der Waals surface area contributed by atoms with E-state index in [1.807, 2.05) is 0 Å². The van der Waals surface area contributed by atoms with Gasteiger partial charge < -0.3 is 9.47 Å². The number of carbonyl (C=O) groups is 1. The molecule has 0 radical (unpaired) electrons. The first kappa shape index (κ1) is 14.3. The van der Waals surface area contributed by atoms with Gasteiger partial charge in [-0.3, -0.25) is 4.79 Å². The molecule has 2 rings (SSSR count). The molecule has 0 N–H and O–H groups in total. The van der Waals surface area contributed by atoms with Gasteiger partial charge in [0.1, 0.15) is 11.5 Å². The molecule has 0 bridgehead atoms. The summed E-state index contributed by atoms with van der Waals surface area (Å²) < 4.78 is 10.4. The summed E-state index contributed by atoms with van der Waals surface area (Å²) in [5, 5.41) is 0.653. The van der Waals surface area contributed by atoms with Gasteiger partial charge in [-0.15, -0.1) is 0 Å². The van der Waals surface area contributed by atoms with Gasteiger partial charge >= 0.3 is 0 Å². The van der Waals surface area contributed by atoms with Crippen molar-refractivity contribution in [3.8, 4) is 11.5 Å². The van der Waals surface area contributed by atoms with Crippen molar-refractivity contribution in [1.82, 2.24) is 0 Å². The Labute approximate surface area is 118 Å². The van der Waals surface area contributed by atoms with E-state index in [-0.39, 0.29) is 5.78 Å². The van der Waals surface area contributed by atoms with Crippen molar-refractivity contribution in [3.63, 3.8) is 0 Å². The molecule has 0 unspecified atom stereocenters. The van der Waals surface area contributed by atoms with Crippen LogP contribution in [0.2, 0.25) is 0 Å². The van der Waals surface area contributed by atoms with Gasteiger partial charge in [0, 0.05) is 5.25 Å². The molecule has 4 heteroatoms. The Morgan fingerprint density at radius 2 is 2.00 bits per heavy atom. The average Bonchev–Trinajstić information content (AvgIpc) is 2.97. The van der Waals surface area contributed by atoms with Crippen molar-refractivity contribution in [1.29, 1.82) is 0 Å². The maximum atomic E-state index is 12.3. The lowest BCUT2D eigenvalue weighted by molar-refractivity contribution is 0.101. The Morgan fingerprint density at radius 1 is 1.26 bits per heavy atom. The third kappa shape index (κ3) is 3.66. The van der Waals surface area contributed by atoms with Gasteiger partial charge in [0.05, 0.1) is 25.5 Å². The molecule has 0 saturated heterocycles. The molecule has 19 heavy (non-hydrogen) atoms. The lowest BCUT2D eigenvalue weighted by Crippen LogP contribution is -2.08. The number of ether oxygens (including phenoxy) is 2. The van der Waals surface area contributed by atoms with E-state index < -0.39 is 0 Å². The number of hydrogen-bond donors (Lipinski definition) is 0. The lowest BCUT2D eigenvalue weighted by atomic mass is 10.1. The zero-order chi connectivity index (χ0) is 13.7. The fraction of sp³-hybridized carbons (Fsp3) is 0.533. The normalized spacial score (nSPS) is 15.5. The zero-order valence-corrected chi connectivity index (χ0v) is 12.3. The molecular formula is C15H20O3S. The van der Waals surface area contributed by atoms with Crippen molar-refractivity contribution in [2.24, 2.45) is 0 Å². The van der Waals surface area contributed by atoms with Crippen molar-refractivity contribution in [3.05, 3.63) is 23.8 Å². The summed E-state index contributed by atoms with van der Waals surface area (Å²) in [5.41, 5.74) is 0.618. The molecule has 104 valence electrons. The number of thioether (sulfide) groups is 1. The quantitative estimate of drug-likeness (QED) is 0.746. The van der Waals surface area contributed by atoms with E-state index in [1.165, 1.54) is 25.7 Å². The summed E-state index contributed by atoms with van der Waals surface area (Å²) in [6.07, 6.45) is 5.09. The summed E-state index contributed by atoms with van der Waals surface area (Å²) in [5.74, 6) is 1.95. The minimum absolute atomic E-state index is 0.118. The predicted molar refractivity (Wildman–Crippen MR) is 78.6 cm³/mol. The highest BCUT2D eigenvalue weighted by Gasteiger charge is 2.19. The van der Waals surface area contributed by atoms with Crippen LogP contribution in [0.25, 0.3) is 0 Å². The van der Waals surface area contributed by atoms with Crippen LogP contribution in [-0.4, -0.2) is 31.0 Å². The molecule has 1 aromatic carbocycles. The van der Waals surface area contributed by atoms with Crippen LogP contribution in [-0.2, 0) is 0 Å². The van der Waals surface area contributed by atoms with Crippen LogP contribution >= 0.6 is 11.8 Å². The monoisotopic (exact) mass is 280 g/mol. The summed E-state index contributed by atoms with van der Waals surface area (Å²) in [6, 6.07) is 5.35. The molecule has 0 atom stereocenters. The number of Topliss-reactive ketones (excluding diaryl/α,β-unsaturated/α-hetero) is 1. The maximum absolute atomic E-state index is 12.3. The predicted octanol–water partition coefficient (Wildman–Crippen LogP) is 3.56. The molecule has 1 aliphatic carbocycles. The van der Waals surface area contributed by atoms with E-state index in [2.05, 4.69) is 0 Å². The summed E-state index contributed by atoms with van der Waals surface area (Å²) in [4.78, 5) is 12.3. The van der Waals surface area contributed by atoms with Crippen LogP contribution in [0.1, 0.15) is 36.0 Å². The average molecular weight is 280 g/mol. The van der Waals surface area contributed by atoms with Crippen molar-refractivity contribution < 1.29 is 14.3 Å². The molecule has 0 spiro atoms. The third-order valence-electron chi connectivity index (χ3n) is 3.46. The first-order valence-corrected chi connectivity index (χ1v) is 7.66. The molecule has 0 aliphatic heterocycles. The number of rotatable bonds is 6. The topological polar surface area (TPSA) is 35.5 Å². The smallest absolute Gasteiger partial charge is 0.176 e. The second-order valence-electron chi connectivity index (χ2n) is 4.71. The molecule has 0 heterocycles. The van der Waals surface area contributed by atoms with Gasteiger partial charge in [0.15, 0.2) is 5.78 Å². The summed E-state index contributed by atoms with van der Waals surface area (Å²) >= 11 is 1.77. The molecule has 1 aliphatic rings. The van der Waals surface area contributed by atoms with E-state index in [4.69, 9.17) is 9.47 Å². The summed E-state index contributed by atoms with van der Waals surface area (Å²) in [7, 11) is 3.19. The molecule has 0 amide bonds. The number of benzene rings is 1. The lowest BCUT2D eigenvalue weighted by Gasteiger charge is -2.11. The second kappa shape index (κ2) is 6.85. The first-order chi connectivity index (χ1) is 9.24. The highest BCUT2D eigenvalue weighted by Crippen LogP contribution is 2.31. The van der Waals surface area contributed by atoms with Crippen LogP contribution in [0.5, 0.6) is 11.5 Å². The number of methoxy groups -OCH3 is 2. The van der Waals surface area contributed by atoms with E-state index in [1.54, 1.807) is 44.2 Å². The van der Waals surface area contributed by atoms with Crippen LogP contribution in [0.4, 0.5) is 0 Å². The second-order valence-corrected chi connectivity index (χ2v) is 6.00. The first-order valence-electron chi connectivity index (χ1n) is 6.61. The van der Waals surface area contributed by atoms with Gasteiger partial charge in [-0.2, -0.15) is 11.8 Å². The molecule has 3 nitrogen and oxygen atoms in total. The Balaban J connectivity index is 2.03. The highest BCUT2D eigenvalue weighted by atomic mass is 32.2. The van der Waals surface area contributed by atoms with Crippen LogP contribution in [0.3, 0.4) is 0 Å². The number of ketones is 1. The molecular weight excluding hydrogens is 260 g/mol. The Kier molecular flexibility index (Phi) is 5.14. The van der Waals surface area contributed by atoms with Crippen LogP contribution < -0.4 is 9.47 Å². The third-order valence-corrected chi connectivity index (χ3v) is 4.83. The molecule has 0 aromatic heterocycles. The van der Waals surface area contributed by atoms with Crippen LogP contribution in [0, 0.1) is 0 Å². The van der Waals surface area contributed by atoms with E-state index in [0.717, 1.165) is 0 Å². The Hall–Kier alpha value is -1.16. The fourth-order valence-electron chi connectivity index (χ4n) is 2.36. The van der Waals surface area contributed by atoms with Crippen molar-refractivity contribution in [2.45, 2.75) is 30.9 Å². The zero-order valence-electron chi connectivity index (χ0n) is 11.5. The SMILES string of the molecule is COc1ccc(OC)c(C(=O)CSC2CCCC2)c1. The Morgan fingerprint density at radius 3 is 2.63 bits per heavy atom. The minimum atomic E-state index is 0.118. The van der Waals surface area contributed by atoms with Crippen molar-refractivity contribution >= 4 is 17.5 Å². The highest BCUT2D eigenvalue weighted by molar-refractivity contribution is 8.00. The van der Waals surface area contributed by atoms with Gasteiger partial charge in [-0.05, 0) is 31.0 Å². The van der Waals surface area contributed by atoms with Gasteiger partial charge in [-0.25, -0.2) is 0 Å². The van der Waals surface area contributed by atoms with E-state index in [0.29, 0.717) is 28.1 Å².